The summed E-state index contributed by atoms with van der Waals surface area (Å²) in [6.07, 6.45) is 1.08. The molecule has 0 radical (unpaired) electrons. The van der Waals surface area contributed by atoms with Crippen LogP contribution in [0, 0.1) is 24.0 Å². The number of aromatic nitrogens is 2. The first-order chi connectivity index (χ1) is 9.81. The second-order valence-corrected chi connectivity index (χ2v) is 6.28. The summed E-state index contributed by atoms with van der Waals surface area (Å²) in [5.41, 5.74) is 0.688. The van der Waals surface area contributed by atoms with Crippen molar-refractivity contribution in [3.8, 4) is 0 Å². The van der Waals surface area contributed by atoms with Gasteiger partial charge in [0.1, 0.15) is 6.20 Å². The van der Waals surface area contributed by atoms with E-state index in [0.29, 0.717) is 0 Å². The third-order valence-electron chi connectivity index (χ3n) is 3.22. The van der Waals surface area contributed by atoms with Gasteiger partial charge in [-0.15, -0.1) is 11.3 Å². The van der Waals surface area contributed by atoms with Crippen LogP contribution < -0.4 is 5.32 Å². The lowest BCUT2D eigenvalue weighted by Crippen LogP contribution is -2.29. The van der Waals surface area contributed by atoms with Gasteiger partial charge in [-0.3, -0.25) is 19.6 Å². The van der Waals surface area contributed by atoms with Crippen molar-refractivity contribution in [2.45, 2.75) is 26.8 Å². The number of amides is 1. The summed E-state index contributed by atoms with van der Waals surface area (Å²) in [6, 6.07) is 1.79. The van der Waals surface area contributed by atoms with Gasteiger partial charge in [0.05, 0.1) is 11.0 Å². The van der Waals surface area contributed by atoms with Gasteiger partial charge in [0.25, 0.3) is 5.91 Å². The van der Waals surface area contributed by atoms with E-state index in [1.165, 1.54) is 11.7 Å². The van der Waals surface area contributed by atoms with Gasteiger partial charge in [-0.05, 0) is 32.4 Å². The number of rotatable bonds is 4. The van der Waals surface area contributed by atoms with Crippen molar-refractivity contribution in [1.82, 2.24) is 15.1 Å². The summed E-state index contributed by atoms with van der Waals surface area (Å²) in [7, 11) is 1.51. The van der Waals surface area contributed by atoms with Crippen LogP contribution in [-0.2, 0) is 7.05 Å². The molecular weight excluding hydrogens is 292 g/mol. The summed E-state index contributed by atoms with van der Waals surface area (Å²) >= 11 is 1.66. The van der Waals surface area contributed by atoms with Crippen LogP contribution in [0.25, 0.3) is 0 Å². The molecule has 2 aromatic rings. The first-order valence-corrected chi connectivity index (χ1v) is 7.17. The minimum Gasteiger partial charge on any atom is -0.344 e. The van der Waals surface area contributed by atoms with Gasteiger partial charge < -0.3 is 5.32 Å². The molecule has 1 atom stereocenters. The fourth-order valence-electron chi connectivity index (χ4n) is 2.25. The Morgan fingerprint density at radius 3 is 2.71 bits per heavy atom. The zero-order valence-electron chi connectivity index (χ0n) is 12.2. The summed E-state index contributed by atoms with van der Waals surface area (Å²) in [4.78, 5) is 24.9. The number of thiophene rings is 1. The highest BCUT2D eigenvalue weighted by Crippen LogP contribution is 2.27. The average Bonchev–Trinajstić information content (AvgIpc) is 2.92. The van der Waals surface area contributed by atoms with E-state index in [4.69, 9.17) is 0 Å². The van der Waals surface area contributed by atoms with Crippen molar-refractivity contribution in [2.24, 2.45) is 7.05 Å². The SMILES string of the molecule is Cc1cc(C(C)NC(=O)c2c([N+](=O)[O-])cnn2C)c(C)s1. The number of hydrogen-bond donors (Lipinski definition) is 1. The summed E-state index contributed by atoms with van der Waals surface area (Å²) < 4.78 is 1.21. The monoisotopic (exact) mass is 308 g/mol. The number of hydrogen-bond acceptors (Lipinski definition) is 5. The summed E-state index contributed by atoms with van der Waals surface area (Å²) in [6.45, 7) is 5.85. The van der Waals surface area contributed by atoms with Crippen molar-refractivity contribution in [1.29, 1.82) is 0 Å². The number of carbonyl (C=O) groups excluding carboxylic acids is 1. The maximum atomic E-state index is 12.3. The van der Waals surface area contributed by atoms with Crippen LogP contribution in [-0.4, -0.2) is 20.6 Å². The first kappa shape index (κ1) is 15.2. The van der Waals surface area contributed by atoms with Gasteiger partial charge >= 0.3 is 5.69 Å². The van der Waals surface area contributed by atoms with E-state index in [0.717, 1.165) is 21.5 Å². The molecule has 0 aliphatic carbocycles. The van der Waals surface area contributed by atoms with Crippen molar-refractivity contribution >= 4 is 22.9 Å². The molecule has 0 saturated heterocycles. The Morgan fingerprint density at radius 2 is 2.19 bits per heavy atom. The van der Waals surface area contributed by atoms with E-state index in [1.807, 2.05) is 26.8 Å². The van der Waals surface area contributed by atoms with Crippen LogP contribution in [0.5, 0.6) is 0 Å². The predicted molar refractivity (Wildman–Crippen MR) is 79.5 cm³/mol. The van der Waals surface area contributed by atoms with Crippen LogP contribution >= 0.6 is 11.3 Å². The second-order valence-electron chi connectivity index (χ2n) is 4.82. The largest absolute Gasteiger partial charge is 0.344 e. The molecule has 7 nitrogen and oxygen atoms in total. The molecule has 0 fully saturated rings. The lowest BCUT2D eigenvalue weighted by atomic mass is 10.1. The minimum atomic E-state index is -0.605. The van der Waals surface area contributed by atoms with Gasteiger partial charge in [-0.25, -0.2) is 0 Å². The Hall–Kier alpha value is -2.22. The number of nitrogens with zero attached hydrogens (tertiary/aromatic N) is 3. The molecule has 2 rings (SSSR count). The third kappa shape index (κ3) is 2.94. The Balaban J connectivity index is 2.24. The van der Waals surface area contributed by atoms with Crippen LogP contribution in [0.4, 0.5) is 5.69 Å². The van der Waals surface area contributed by atoms with Crippen molar-refractivity contribution in [3.05, 3.63) is 43.4 Å². The van der Waals surface area contributed by atoms with Crippen LogP contribution in [0.2, 0.25) is 0 Å². The zero-order valence-corrected chi connectivity index (χ0v) is 13.0. The minimum absolute atomic E-state index is 0.0449. The Kier molecular flexibility index (Phi) is 4.08. The quantitative estimate of drug-likeness (QED) is 0.694. The maximum absolute atomic E-state index is 12.3. The average molecular weight is 308 g/mol. The van der Waals surface area contributed by atoms with Crippen molar-refractivity contribution in [2.75, 3.05) is 0 Å². The van der Waals surface area contributed by atoms with E-state index < -0.39 is 10.8 Å². The number of carbonyl (C=O) groups is 1. The fraction of sp³-hybridized carbons (Fsp3) is 0.385. The highest BCUT2D eigenvalue weighted by molar-refractivity contribution is 7.12. The molecule has 2 heterocycles. The molecule has 0 bridgehead atoms. The molecule has 0 saturated carbocycles. The molecule has 0 aliphatic rings. The highest BCUT2D eigenvalue weighted by atomic mass is 32.1. The van der Waals surface area contributed by atoms with Crippen LogP contribution in [0.1, 0.15) is 38.8 Å². The van der Waals surface area contributed by atoms with E-state index in [1.54, 1.807) is 11.3 Å². The Morgan fingerprint density at radius 1 is 1.52 bits per heavy atom. The highest BCUT2D eigenvalue weighted by Gasteiger charge is 2.27. The fourth-order valence-corrected chi connectivity index (χ4v) is 3.27. The first-order valence-electron chi connectivity index (χ1n) is 6.35. The van der Waals surface area contributed by atoms with E-state index in [2.05, 4.69) is 10.4 Å². The van der Waals surface area contributed by atoms with Gasteiger partial charge in [-0.2, -0.15) is 5.10 Å². The topological polar surface area (TPSA) is 90.1 Å². The third-order valence-corrected chi connectivity index (χ3v) is 4.21. The van der Waals surface area contributed by atoms with Gasteiger partial charge in [0.2, 0.25) is 5.69 Å². The molecule has 0 spiro atoms. The number of nitro groups is 1. The Labute approximate surface area is 125 Å². The predicted octanol–water partition coefficient (Wildman–Crippen LogP) is 2.50. The lowest BCUT2D eigenvalue weighted by Gasteiger charge is -2.13. The maximum Gasteiger partial charge on any atom is 0.320 e. The lowest BCUT2D eigenvalue weighted by molar-refractivity contribution is -0.385. The van der Waals surface area contributed by atoms with Crippen LogP contribution in [0.3, 0.4) is 0 Å². The van der Waals surface area contributed by atoms with Gasteiger partial charge in [0, 0.05) is 16.8 Å². The summed E-state index contributed by atoms with van der Waals surface area (Å²) in [5, 5.41) is 17.5. The molecule has 0 aromatic carbocycles. The normalized spacial score (nSPS) is 12.2. The molecule has 8 heteroatoms. The van der Waals surface area contributed by atoms with Crippen LogP contribution in [0.15, 0.2) is 12.3 Å². The van der Waals surface area contributed by atoms with E-state index >= 15 is 0 Å². The van der Waals surface area contributed by atoms with Crippen molar-refractivity contribution < 1.29 is 9.72 Å². The van der Waals surface area contributed by atoms with Gasteiger partial charge in [0.15, 0.2) is 0 Å². The smallest absolute Gasteiger partial charge is 0.320 e. The van der Waals surface area contributed by atoms with E-state index in [-0.39, 0.29) is 17.4 Å². The Bertz CT molecular complexity index is 704. The molecular formula is C13H16N4O3S. The summed E-state index contributed by atoms with van der Waals surface area (Å²) in [5.74, 6) is -0.502. The van der Waals surface area contributed by atoms with E-state index in [9.17, 15) is 14.9 Å². The molecule has 1 unspecified atom stereocenters. The molecule has 112 valence electrons. The molecule has 1 amide bonds. The standard InChI is InChI=1S/C13H16N4O3S/c1-7-5-10(9(3)21-7)8(2)15-13(18)12-11(17(19)20)6-14-16(12)4/h5-6,8H,1-4H3,(H,15,18). The zero-order chi connectivity index (χ0) is 15.7. The number of aryl methyl sites for hydroxylation is 3. The molecule has 21 heavy (non-hydrogen) atoms. The van der Waals surface area contributed by atoms with Gasteiger partial charge in [-0.1, -0.05) is 0 Å². The molecule has 1 N–H and O–H groups in total. The number of nitrogens with one attached hydrogen (secondary N) is 1. The molecule has 0 aliphatic heterocycles. The molecule has 2 aromatic heterocycles. The van der Waals surface area contributed by atoms with Crippen molar-refractivity contribution in [3.63, 3.8) is 0 Å². The second kappa shape index (κ2) is 5.65.